The molecule has 0 aromatic carbocycles. The molecule has 0 heterocycles. The molecule has 2 aliphatic rings. The minimum absolute atomic E-state index is 0. The summed E-state index contributed by atoms with van der Waals surface area (Å²) in [7, 11) is -3.22. The van der Waals surface area contributed by atoms with E-state index in [0.29, 0.717) is 0 Å². The van der Waals surface area contributed by atoms with Crippen molar-refractivity contribution in [1.29, 1.82) is 0 Å². The van der Waals surface area contributed by atoms with Crippen molar-refractivity contribution in [3.63, 3.8) is 0 Å². The van der Waals surface area contributed by atoms with E-state index in [9.17, 15) is 0 Å². The zero-order valence-electron chi connectivity index (χ0n) is 18.8. The van der Waals surface area contributed by atoms with Crippen LogP contribution in [0.5, 0.6) is 0 Å². The fourth-order valence-corrected chi connectivity index (χ4v) is 1.71. The zero-order valence-corrected chi connectivity index (χ0v) is 25.6. The van der Waals surface area contributed by atoms with E-state index in [1.54, 1.807) is 0 Å². The van der Waals surface area contributed by atoms with Crippen molar-refractivity contribution in [3.05, 3.63) is 48.6 Å². The molecule has 2 rings (SSSR count). The summed E-state index contributed by atoms with van der Waals surface area (Å²) in [6, 6.07) is 0. The Morgan fingerprint density at radius 1 is 0.393 bits per heavy atom. The van der Waals surface area contributed by atoms with Gasteiger partial charge in [-0.05, 0) is 90.6 Å². The van der Waals surface area contributed by atoms with Crippen LogP contribution in [0.2, 0.25) is 39.3 Å². The van der Waals surface area contributed by atoms with Crippen molar-refractivity contribution in [3.8, 4) is 0 Å². The van der Waals surface area contributed by atoms with E-state index < -0.39 is 16.6 Å². The second-order valence-corrected chi connectivity index (χ2v) is 17.2. The van der Waals surface area contributed by atoms with Crippen LogP contribution in [0.15, 0.2) is 48.6 Å². The minimum atomic E-state index is -1.61. The average Bonchev–Trinajstić information content (AvgIpc) is 2.32. The molecule has 0 aromatic rings. The van der Waals surface area contributed by atoms with Crippen molar-refractivity contribution in [2.24, 2.45) is 0 Å². The first-order valence-corrected chi connectivity index (χ1v) is 16.9. The third-order valence-corrected chi connectivity index (χ3v) is 2.67. The van der Waals surface area contributed by atoms with Gasteiger partial charge in [-0.25, -0.2) is 0 Å². The van der Waals surface area contributed by atoms with E-state index in [4.69, 9.17) is 9.59 Å². The smallest absolute Gasteiger partial charge is 0.179 e. The third kappa shape index (κ3) is 63.3. The quantitative estimate of drug-likeness (QED) is 0.206. The van der Waals surface area contributed by atoms with Gasteiger partial charge < -0.3 is 9.59 Å². The summed E-state index contributed by atoms with van der Waals surface area (Å²) in [6.07, 6.45) is 28.0. The number of hydrogen-bond donors (Lipinski definition) is 2. The van der Waals surface area contributed by atoms with E-state index in [1.807, 2.05) is 39.3 Å². The molecule has 0 saturated carbocycles. The number of rotatable bonds is 0. The summed E-state index contributed by atoms with van der Waals surface area (Å²) in [5, 5.41) is 0. The Balaban J connectivity index is -0.000000138. The van der Waals surface area contributed by atoms with E-state index >= 15 is 0 Å². The van der Waals surface area contributed by atoms with Crippen LogP contribution in [0.3, 0.4) is 0 Å². The summed E-state index contributed by atoms with van der Waals surface area (Å²) in [4.78, 5) is 17.3. The normalized spacial score (nSPS) is 15.7. The second-order valence-electron chi connectivity index (χ2n) is 8.54. The van der Waals surface area contributed by atoms with Crippen molar-refractivity contribution in [1.82, 2.24) is 0 Å². The number of hydrogen-bond acceptors (Lipinski definition) is 2. The Morgan fingerprint density at radius 2 is 0.464 bits per heavy atom. The molecule has 0 atom stereocenters. The fourth-order valence-electron chi connectivity index (χ4n) is 1.71. The van der Waals surface area contributed by atoms with E-state index in [2.05, 4.69) is 48.6 Å². The fraction of sp³-hybridized carbons (Fsp3) is 0.636. The predicted molar refractivity (Wildman–Crippen MR) is 125 cm³/mol. The molecule has 2 radical (unpaired) electrons. The summed E-state index contributed by atoms with van der Waals surface area (Å²) in [6.45, 7) is 11.3. The maximum absolute atomic E-state index is 8.66. The van der Waals surface area contributed by atoms with Gasteiger partial charge in [-0.3, -0.25) is 0 Å². The Morgan fingerprint density at radius 3 is 0.536 bits per heavy atom. The molecule has 0 aromatic heterocycles. The van der Waals surface area contributed by atoms with Crippen molar-refractivity contribution in [2.75, 3.05) is 0 Å². The van der Waals surface area contributed by atoms with Gasteiger partial charge in [0.25, 0.3) is 0 Å². The molecule has 0 bridgehead atoms. The van der Waals surface area contributed by atoms with Gasteiger partial charge >= 0.3 is 0 Å². The van der Waals surface area contributed by atoms with Gasteiger partial charge in [-0.1, -0.05) is 48.6 Å². The molecule has 2 aliphatic carbocycles. The Labute approximate surface area is 204 Å². The molecule has 170 valence electrons. The molecule has 0 aliphatic heterocycles. The van der Waals surface area contributed by atoms with Crippen molar-refractivity contribution < 1.29 is 49.8 Å². The van der Waals surface area contributed by atoms with E-state index in [1.165, 1.54) is 51.4 Å². The van der Waals surface area contributed by atoms with E-state index in [-0.39, 0.29) is 40.2 Å². The van der Waals surface area contributed by atoms with Crippen LogP contribution in [0.25, 0.3) is 0 Å². The molecule has 0 fully saturated rings. The molecule has 2 N–H and O–H groups in total. The van der Waals surface area contributed by atoms with Crippen LogP contribution in [0.1, 0.15) is 51.4 Å². The van der Waals surface area contributed by atoms with Gasteiger partial charge in [0.1, 0.15) is 0 Å². The molecule has 0 spiro atoms. The van der Waals surface area contributed by atoms with Crippen LogP contribution in [-0.4, -0.2) is 26.2 Å². The summed E-state index contributed by atoms with van der Waals surface area (Å²) in [5.74, 6) is 0. The maximum Gasteiger partial charge on any atom is 0.179 e. The SMILES string of the molecule is C1=CCCC=CCC1.C1=CCCC=CCC1.C[Si](C)(C)O.C[Si](C)(C)O.[Ir].[Ir]. The van der Waals surface area contributed by atoms with Crippen molar-refractivity contribution >= 4 is 16.6 Å². The molecule has 28 heavy (non-hydrogen) atoms. The van der Waals surface area contributed by atoms with E-state index in [0.717, 1.165) is 0 Å². The molecular formula is C22H44Ir2O2Si2. The van der Waals surface area contributed by atoms with Gasteiger partial charge in [0.2, 0.25) is 0 Å². The van der Waals surface area contributed by atoms with Crippen LogP contribution >= 0.6 is 0 Å². The monoisotopic (exact) mass is 782 g/mol. The average molecular weight is 781 g/mol. The molecule has 6 heteroatoms. The Kier molecular flexibility index (Phi) is 30.7. The first kappa shape index (κ1) is 36.0. The summed E-state index contributed by atoms with van der Waals surface area (Å²) < 4.78 is 0. The first-order valence-electron chi connectivity index (χ1n) is 10.0. The Hall–Kier alpha value is 0.612. The zero-order chi connectivity index (χ0) is 20.3. The van der Waals surface area contributed by atoms with Crippen LogP contribution in [-0.2, 0) is 40.2 Å². The van der Waals surface area contributed by atoms with Gasteiger partial charge in [0.15, 0.2) is 16.6 Å². The molecule has 2 nitrogen and oxygen atoms in total. The van der Waals surface area contributed by atoms with Gasteiger partial charge in [-0.2, -0.15) is 0 Å². The van der Waals surface area contributed by atoms with Gasteiger partial charge in [-0.15, -0.1) is 0 Å². The predicted octanol–water partition coefficient (Wildman–Crippen LogP) is 6.97. The third-order valence-electron chi connectivity index (χ3n) is 2.67. The van der Waals surface area contributed by atoms with Gasteiger partial charge in [0.05, 0.1) is 0 Å². The topological polar surface area (TPSA) is 40.5 Å². The molecular weight excluding hydrogens is 737 g/mol. The van der Waals surface area contributed by atoms with Crippen molar-refractivity contribution in [2.45, 2.75) is 90.6 Å². The standard InChI is InChI=1S/2C8H12.2C3H10OSi.2Ir/c2*1-2-4-6-8-7-5-3-1;2*1-5(2,3)4;;/h2*1-2,7-8H,3-6H2;2*4H,1-3H3;;. The first-order chi connectivity index (χ1) is 12.0. The molecule has 0 saturated heterocycles. The molecule has 0 amide bonds. The summed E-state index contributed by atoms with van der Waals surface area (Å²) in [5.41, 5.74) is 0. The number of allylic oxidation sites excluding steroid dienone is 8. The minimum Gasteiger partial charge on any atom is -0.433 e. The van der Waals surface area contributed by atoms with Gasteiger partial charge in [0, 0.05) is 40.2 Å². The molecule has 0 unspecified atom stereocenters. The van der Waals surface area contributed by atoms with Crippen LogP contribution in [0.4, 0.5) is 0 Å². The largest absolute Gasteiger partial charge is 0.433 e. The Bertz CT molecular complexity index is 317. The van der Waals surface area contributed by atoms with Crippen LogP contribution in [0, 0.1) is 0 Å². The van der Waals surface area contributed by atoms with Crippen LogP contribution < -0.4 is 0 Å². The summed E-state index contributed by atoms with van der Waals surface area (Å²) >= 11 is 0. The second kappa shape index (κ2) is 23.9. The maximum atomic E-state index is 8.66.